The first-order chi connectivity index (χ1) is 9.02. The van der Waals surface area contributed by atoms with Gasteiger partial charge in [0, 0.05) is 23.7 Å². The topological polar surface area (TPSA) is 62.5 Å². The Bertz CT molecular complexity index is 613. The van der Waals surface area contributed by atoms with E-state index in [2.05, 4.69) is 6.07 Å². The van der Waals surface area contributed by atoms with E-state index in [1.165, 1.54) is 0 Å². The summed E-state index contributed by atoms with van der Waals surface area (Å²) >= 11 is 0. The molecule has 4 heteroatoms. The van der Waals surface area contributed by atoms with Crippen molar-refractivity contribution in [3.63, 3.8) is 0 Å². The molecule has 2 N–H and O–H groups in total. The smallest absolute Gasteiger partial charge is 0.323 e. The molecule has 0 radical (unpaired) electrons. The van der Waals surface area contributed by atoms with Crippen LogP contribution in [0.5, 0.6) is 0 Å². The predicted octanol–water partition coefficient (Wildman–Crippen LogP) is 2.27. The summed E-state index contributed by atoms with van der Waals surface area (Å²) < 4.78 is 1.78. The van der Waals surface area contributed by atoms with Crippen LogP contribution in [-0.4, -0.2) is 27.4 Å². The van der Waals surface area contributed by atoms with Crippen molar-refractivity contribution in [2.45, 2.75) is 33.2 Å². The van der Waals surface area contributed by atoms with E-state index < -0.39 is 5.97 Å². The van der Waals surface area contributed by atoms with Crippen molar-refractivity contribution < 1.29 is 15.0 Å². The molecule has 4 nitrogen and oxygen atoms in total. The molecule has 0 saturated heterocycles. The molecule has 0 bridgehead atoms. The first kappa shape index (κ1) is 13.6. The molecule has 0 aliphatic rings. The van der Waals surface area contributed by atoms with Crippen LogP contribution in [0, 0.1) is 13.8 Å². The van der Waals surface area contributed by atoms with Gasteiger partial charge in [-0.2, -0.15) is 0 Å². The molecule has 1 heterocycles. The van der Waals surface area contributed by atoms with Gasteiger partial charge in [-0.3, -0.25) is 4.79 Å². The normalized spacial score (nSPS) is 11.1. The molecule has 2 aromatic rings. The van der Waals surface area contributed by atoms with Crippen LogP contribution in [0.1, 0.15) is 23.1 Å². The van der Waals surface area contributed by atoms with Gasteiger partial charge in [0.2, 0.25) is 0 Å². The SMILES string of the molecule is Cc1cc(C)c2c(CCCO)cn(CC(=O)O)c2c1. The lowest BCUT2D eigenvalue weighted by molar-refractivity contribution is -0.137. The molecule has 19 heavy (non-hydrogen) atoms. The molecular weight excluding hydrogens is 242 g/mol. The summed E-state index contributed by atoms with van der Waals surface area (Å²) in [6.07, 6.45) is 3.36. The number of hydrogen-bond donors (Lipinski definition) is 2. The fourth-order valence-electron chi connectivity index (χ4n) is 2.65. The maximum Gasteiger partial charge on any atom is 0.323 e. The molecule has 0 atom stereocenters. The minimum Gasteiger partial charge on any atom is -0.480 e. The van der Waals surface area contributed by atoms with Gasteiger partial charge in [-0.05, 0) is 49.4 Å². The second-order valence-corrected chi connectivity index (χ2v) is 4.98. The Kier molecular flexibility index (Phi) is 3.90. The first-order valence-corrected chi connectivity index (χ1v) is 6.44. The number of carbonyl (C=O) groups is 1. The average Bonchev–Trinajstić information content (AvgIpc) is 2.64. The second kappa shape index (κ2) is 5.45. The van der Waals surface area contributed by atoms with E-state index in [4.69, 9.17) is 10.2 Å². The van der Waals surface area contributed by atoms with Crippen molar-refractivity contribution in [1.82, 2.24) is 4.57 Å². The van der Waals surface area contributed by atoms with Crippen molar-refractivity contribution >= 4 is 16.9 Å². The van der Waals surface area contributed by atoms with E-state index in [1.54, 1.807) is 4.57 Å². The van der Waals surface area contributed by atoms with E-state index in [-0.39, 0.29) is 13.2 Å². The third-order valence-corrected chi connectivity index (χ3v) is 3.31. The summed E-state index contributed by atoms with van der Waals surface area (Å²) in [5, 5.41) is 19.1. The molecule has 1 aromatic heterocycles. The van der Waals surface area contributed by atoms with Crippen LogP contribution in [-0.2, 0) is 17.8 Å². The second-order valence-electron chi connectivity index (χ2n) is 4.98. The Morgan fingerprint density at radius 2 is 2.05 bits per heavy atom. The Morgan fingerprint density at radius 1 is 1.32 bits per heavy atom. The summed E-state index contributed by atoms with van der Waals surface area (Å²) in [7, 11) is 0. The van der Waals surface area contributed by atoms with E-state index in [0.717, 1.165) is 34.0 Å². The van der Waals surface area contributed by atoms with E-state index in [0.29, 0.717) is 6.42 Å². The molecule has 1 aromatic carbocycles. The summed E-state index contributed by atoms with van der Waals surface area (Å²) in [4.78, 5) is 10.9. The number of aryl methyl sites for hydroxylation is 3. The lowest BCUT2D eigenvalue weighted by Gasteiger charge is -2.05. The van der Waals surface area contributed by atoms with Crippen LogP contribution in [0.15, 0.2) is 18.3 Å². The number of carboxylic acid groups (broad SMARTS) is 1. The largest absolute Gasteiger partial charge is 0.480 e. The number of aliphatic hydroxyl groups excluding tert-OH is 1. The highest BCUT2D eigenvalue weighted by Crippen LogP contribution is 2.27. The highest BCUT2D eigenvalue weighted by Gasteiger charge is 2.12. The van der Waals surface area contributed by atoms with Gasteiger partial charge in [-0.25, -0.2) is 0 Å². The van der Waals surface area contributed by atoms with Gasteiger partial charge < -0.3 is 14.8 Å². The van der Waals surface area contributed by atoms with E-state index >= 15 is 0 Å². The number of rotatable bonds is 5. The number of fused-ring (bicyclic) bond motifs is 1. The average molecular weight is 261 g/mol. The number of hydrogen-bond acceptors (Lipinski definition) is 2. The van der Waals surface area contributed by atoms with Crippen LogP contribution in [0.25, 0.3) is 10.9 Å². The van der Waals surface area contributed by atoms with Gasteiger partial charge in [-0.1, -0.05) is 6.07 Å². The lowest BCUT2D eigenvalue weighted by atomic mass is 10.0. The van der Waals surface area contributed by atoms with Crippen molar-refractivity contribution in [2.75, 3.05) is 6.61 Å². The predicted molar refractivity (Wildman–Crippen MR) is 74.5 cm³/mol. The number of carboxylic acids is 1. The number of nitrogens with zero attached hydrogens (tertiary/aromatic N) is 1. The molecule has 2 rings (SSSR count). The quantitative estimate of drug-likeness (QED) is 0.868. The standard InChI is InChI=1S/C15H19NO3/c1-10-6-11(2)15-12(4-3-5-17)8-16(9-14(18)19)13(15)7-10/h6-8,17H,3-5,9H2,1-2H3,(H,18,19). The highest BCUT2D eigenvalue weighted by molar-refractivity contribution is 5.88. The highest BCUT2D eigenvalue weighted by atomic mass is 16.4. The fraction of sp³-hybridized carbons (Fsp3) is 0.400. The molecule has 0 aliphatic carbocycles. The van der Waals surface area contributed by atoms with Crippen molar-refractivity contribution in [3.8, 4) is 0 Å². The minimum absolute atomic E-state index is 0.0292. The van der Waals surface area contributed by atoms with Gasteiger partial charge in [-0.15, -0.1) is 0 Å². The van der Waals surface area contributed by atoms with Crippen molar-refractivity contribution in [1.29, 1.82) is 0 Å². The summed E-state index contributed by atoms with van der Waals surface area (Å²) in [5.41, 5.74) is 4.37. The van der Waals surface area contributed by atoms with Crippen molar-refractivity contribution in [3.05, 3.63) is 35.0 Å². The monoisotopic (exact) mass is 261 g/mol. The van der Waals surface area contributed by atoms with Gasteiger partial charge in [0.25, 0.3) is 0 Å². The van der Waals surface area contributed by atoms with Gasteiger partial charge in [0.15, 0.2) is 0 Å². The number of aliphatic carboxylic acids is 1. The summed E-state index contributed by atoms with van der Waals surface area (Å²) in [6, 6.07) is 4.13. The van der Waals surface area contributed by atoms with Crippen molar-refractivity contribution in [2.24, 2.45) is 0 Å². The zero-order chi connectivity index (χ0) is 14.0. The third kappa shape index (κ3) is 2.79. The van der Waals surface area contributed by atoms with Crippen LogP contribution in [0.4, 0.5) is 0 Å². The van der Waals surface area contributed by atoms with Crippen LogP contribution >= 0.6 is 0 Å². The molecule has 102 valence electrons. The zero-order valence-corrected chi connectivity index (χ0v) is 11.3. The maximum absolute atomic E-state index is 10.9. The molecule has 0 spiro atoms. The molecule has 0 fully saturated rings. The van der Waals surface area contributed by atoms with Crippen LogP contribution in [0.2, 0.25) is 0 Å². The number of aromatic nitrogens is 1. The van der Waals surface area contributed by atoms with Gasteiger partial charge in [0.1, 0.15) is 6.54 Å². The summed E-state index contributed by atoms with van der Waals surface area (Å²) in [5.74, 6) is -0.843. The molecule has 0 unspecified atom stereocenters. The Labute approximate surface area is 112 Å². The third-order valence-electron chi connectivity index (χ3n) is 3.31. The van der Waals surface area contributed by atoms with E-state index in [9.17, 15) is 4.79 Å². The van der Waals surface area contributed by atoms with E-state index in [1.807, 2.05) is 26.1 Å². The fourth-order valence-corrected chi connectivity index (χ4v) is 2.65. The Hall–Kier alpha value is -1.81. The lowest BCUT2D eigenvalue weighted by Crippen LogP contribution is -2.07. The molecular formula is C15H19NO3. The first-order valence-electron chi connectivity index (χ1n) is 6.44. The number of benzene rings is 1. The van der Waals surface area contributed by atoms with Crippen LogP contribution < -0.4 is 0 Å². The van der Waals surface area contributed by atoms with Crippen LogP contribution in [0.3, 0.4) is 0 Å². The zero-order valence-electron chi connectivity index (χ0n) is 11.3. The molecule has 0 saturated carbocycles. The maximum atomic E-state index is 10.9. The van der Waals surface area contributed by atoms with Gasteiger partial charge >= 0.3 is 5.97 Å². The molecule has 0 amide bonds. The molecule has 0 aliphatic heterocycles. The Morgan fingerprint density at radius 3 is 2.68 bits per heavy atom. The van der Waals surface area contributed by atoms with Gasteiger partial charge in [0.05, 0.1) is 0 Å². The minimum atomic E-state index is -0.843. The summed E-state index contributed by atoms with van der Waals surface area (Å²) in [6.45, 7) is 4.18. The number of aliphatic hydroxyl groups is 1. The Balaban J connectivity index is 2.59.